The molecule has 2 rings (SSSR count). The SMILES string of the molecule is COc1cccc(CCC(=O)N2CCC(C(=O)O)CC2)c1. The summed E-state index contributed by atoms with van der Waals surface area (Å²) in [6.07, 6.45) is 2.24. The van der Waals surface area contributed by atoms with Gasteiger partial charge in [0.1, 0.15) is 5.75 Å². The first-order chi connectivity index (χ1) is 10.1. The predicted molar refractivity (Wildman–Crippen MR) is 78.3 cm³/mol. The second-order valence-electron chi connectivity index (χ2n) is 5.34. The Labute approximate surface area is 124 Å². The average molecular weight is 291 g/mol. The first-order valence-corrected chi connectivity index (χ1v) is 7.23. The Morgan fingerprint density at radius 2 is 2.05 bits per heavy atom. The number of hydrogen-bond donors (Lipinski definition) is 1. The van der Waals surface area contributed by atoms with E-state index < -0.39 is 5.97 Å². The Morgan fingerprint density at radius 3 is 2.67 bits per heavy atom. The maximum Gasteiger partial charge on any atom is 0.306 e. The smallest absolute Gasteiger partial charge is 0.306 e. The zero-order valence-electron chi connectivity index (χ0n) is 12.2. The van der Waals surface area contributed by atoms with Crippen LogP contribution in [0.5, 0.6) is 5.75 Å². The van der Waals surface area contributed by atoms with E-state index in [0.717, 1.165) is 11.3 Å². The van der Waals surface area contributed by atoms with Crippen molar-refractivity contribution in [3.63, 3.8) is 0 Å². The quantitative estimate of drug-likeness (QED) is 0.900. The molecule has 1 N–H and O–H groups in total. The van der Waals surface area contributed by atoms with Crippen molar-refractivity contribution in [1.82, 2.24) is 4.90 Å². The maximum absolute atomic E-state index is 12.1. The summed E-state index contributed by atoms with van der Waals surface area (Å²) in [6.45, 7) is 1.10. The van der Waals surface area contributed by atoms with Gasteiger partial charge in [0.15, 0.2) is 0 Å². The number of ether oxygens (including phenoxy) is 1. The zero-order valence-corrected chi connectivity index (χ0v) is 12.2. The molecule has 1 aromatic rings. The number of carbonyl (C=O) groups excluding carboxylic acids is 1. The normalized spacial score (nSPS) is 15.8. The summed E-state index contributed by atoms with van der Waals surface area (Å²) in [5.74, 6) is -0.158. The third-order valence-corrected chi connectivity index (χ3v) is 3.96. The lowest BCUT2D eigenvalue weighted by atomic mass is 9.96. The van der Waals surface area contributed by atoms with Crippen LogP contribution >= 0.6 is 0 Å². The second kappa shape index (κ2) is 7.11. The van der Waals surface area contributed by atoms with E-state index in [9.17, 15) is 9.59 Å². The number of carboxylic acids is 1. The molecule has 1 amide bonds. The van der Waals surface area contributed by atoms with Gasteiger partial charge in [0.2, 0.25) is 5.91 Å². The average Bonchev–Trinajstić information content (AvgIpc) is 2.53. The Hall–Kier alpha value is -2.04. The molecule has 5 heteroatoms. The molecule has 114 valence electrons. The van der Waals surface area contributed by atoms with Gasteiger partial charge in [0, 0.05) is 19.5 Å². The summed E-state index contributed by atoms with van der Waals surface area (Å²) in [7, 11) is 1.62. The van der Waals surface area contributed by atoms with Crippen molar-refractivity contribution in [2.75, 3.05) is 20.2 Å². The van der Waals surface area contributed by atoms with Crippen molar-refractivity contribution in [2.24, 2.45) is 5.92 Å². The van der Waals surface area contributed by atoms with Crippen molar-refractivity contribution < 1.29 is 19.4 Å². The summed E-state index contributed by atoms with van der Waals surface area (Å²) in [4.78, 5) is 24.8. The van der Waals surface area contributed by atoms with Crippen LogP contribution in [0, 0.1) is 5.92 Å². The molecule has 0 unspecified atom stereocenters. The summed E-state index contributed by atoms with van der Waals surface area (Å²) >= 11 is 0. The van der Waals surface area contributed by atoms with Gasteiger partial charge in [-0.25, -0.2) is 0 Å². The van der Waals surface area contributed by atoms with Gasteiger partial charge in [-0.2, -0.15) is 0 Å². The van der Waals surface area contributed by atoms with Crippen LogP contribution in [-0.4, -0.2) is 42.1 Å². The predicted octanol–water partition coefficient (Wildman–Crippen LogP) is 1.95. The van der Waals surface area contributed by atoms with Gasteiger partial charge in [-0.1, -0.05) is 12.1 Å². The van der Waals surface area contributed by atoms with Gasteiger partial charge in [-0.15, -0.1) is 0 Å². The highest BCUT2D eigenvalue weighted by Crippen LogP contribution is 2.19. The number of hydrogen-bond acceptors (Lipinski definition) is 3. The van der Waals surface area contributed by atoms with E-state index in [4.69, 9.17) is 9.84 Å². The van der Waals surface area contributed by atoms with Gasteiger partial charge in [0.25, 0.3) is 0 Å². The van der Waals surface area contributed by atoms with Crippen LogP contribution in [-0.2, 0) is 16.0 Å². The molecule has 0 aliphatic carbocycles. The number of carbonyl (C=O) groups is 2. The maximum atomic E-state index is 12.1. The molecule has 1 saturated heterocycles. The molecule has 1 aromatic carbocycles. The first kappa shape index (κ1) is 15.4. The van der Waals surface area contributed by atoms with Crippen LogP contribution in [0.25, 0.3) is 0 Å². The molecule has 0 bridgehead atoms. The Morgan fingerprint density at radius 1 is 1.33 bits per heavy atom. The minimum absolute atomic E-state index is 0.0988. The third-order valence-electron chi connectivity index (χ3n) is 3.96. The lowest BCUT2D eigenvalue weighted by Gasteiger charge is -2.30. The van der Waals surface area contributed by atoms with E-state index in [0.29, 0.717) is 38.8 Å². The molecule has 0 atom stereocenters. The highest BCUT2D eigenvalue weighted by atomic mass is 16.5. The molecule has 1 aliphatic heterocycles. The number of aliphatic carboxylic acids is 1. The summed E-state index contributed by atoms with van der Waals surface area (Å²) < 4.78 is 5.16. The fourth-order valence-electron chi connectivity index (χ4n) is 2.61. The molecule has 0 radical (unpaired) electrons. The number of methoxy groups -OCH3 is 1. The Bertz CT molecular complexity index is 507. The van der Waals surface area contributed by atoms with Gasteiger partial charge in [-0.05, 0) is 37.0 Å². The first-order valence-electron chi connectivity index (χ1n) is 7.23. The van der Waals surface area contributed by atoms with Crippen LogP contribution in [0.15, 0.2) is 24.3 Å². The fourth-order valence-corrected chi connectivity index (χ4v) is 2.61. The van der Waals surface area contributed by atoms with Gasteiger partial charge in [-0.3, -0.25) is 9.59 Å². The van der Waals surface area contributed by atoms with Crippen molar-refractivity contribution >= 4 is 11.9 Å². The Balaban J connectivity index is 1.81. The molecule has 0 spiro atoms. The van der Waals surface area contributed by atoms with Crippen LogP contribution in [0.2, 0.25) is 0 Å². The minimum atomic E-state index is -0.751. The van der Waals surface area contributed by atoms with E-state index in [1.54, 1.807) is 12.0 Å². The Kier molecular flexibility index (Phi) is 5.20. The highest BCUT2D eigenvalue weighted by molar-refractivity contribution is 5.77. The molecule has 1 fully saturated rings. The van der Waals surface area contributed by atoms with Crippen molar-refractivity contribution in [2.45, 2.75) is 25.7 Å². The number of nitrogens with zero attached hydrogens (tertiary/aromatic N) is 1. The van der Waals surface area contributed by atoms with Gasteiger partial charge < -0.3 is 14.7 Å². The molecule has 1 heterocycles. The number of aryl methyl sites for hydroxylation is 1. The number of benzene rings is 1. The zero-order chi connectivity index (χ0) is 15.2. The van der Waals surface area contributed by atoms with E-state index in [1.165, 1.54) is 0 Å². The summed E-state index contributed by atoms with van der Waals surface area (Å²) in [6, 6.07) is 7.70. The third kappa shape index (κ3) is 4.21. The monoisotopic (exact) mass is 291 g/mol. The molecular formula is C16H21NO4. The van der Waals surface area contributed by atoms with Crippen molar-refractivity contribution in [3.8, 4) is 5.75 Å². The summed E-state index contributed by atoms with van der Waals surface area (Å²) in [5, 5.41) is 8.95. The van der Waals surface area contributed by atoms with Gasteiger partial charge in [0.05, 0.1) is 13.0 Å². The lowest BCUT2D eigenvalue weighted by Crippen LogP contribution is -2.40. The van der Waals surface area contributed by atoms with E-state index >= 15 is 0 Å². The van der Waals surface area contributed by atoms with E-state index in [2.05, 4.69) is 0 Å². The van der Waals surface area contributed by atoms with Gasteiger partial charge >= 0.3 is 5.97 Å². The number of amides is 1. The number of carboxylic acid groups (broad SMARTS) is 1. The second-order valence-corrected chi connectivity index (χ2v) is 5.34. The minimum Gasteiger partial charge on any atom is -0.497 e. The van der Waals surface area contributed by atoms with E-state index in [1.807, 2.05) is 24.3 Å². The highest BCUT2D eigenvalue weighted by Gasteiger charge is 2.26. The van der Waals surface area contributed by atoms with Crippen LogP contribution in [0.1, 0.15) is 24.8 Å². The number of likely N-dealkylation sites (tertiary alicyclic amines) is 1. The summed E-state index contributed by atoms with van der Waals surface area (Å²) in [5.41, 5.74) is 1.07. The number of rotatable bonds is 5. The van der Waals surface area contributed by atoms with Crippen LogP contribution < -0.4 is 4.74 Å². The standard InChI is InChI=1S/C16H21NO4/c1-21-14-4-2-3-12(11-14)5-6-15(18)17-9-7-13(8-10-17)16(19)20/h2-4,11,13H,5-10H2,1H3,(H,19,20). The lowest BCUT2D eigenvalue weighted by molar-refractivity contribution is -0.145. The van der Waals surface area contributed by atoms with Crippen LogP contribution in [0.3, 0.4) is 0 Å². The number of piperidine rings is 1. The molecule has 0 aromatic heterocycles. The topological polar surface area (TPSA) is 66.8 Å². The van der Waals surface area contributed by atoms with Crippen LogP contribution in [0.4, 0.5) is 0 Å². The molecular weight excluding hydrogens is 270 g/mol. The molecule has 0 saturated carbocycles. The molecule has 1 aliphatic rings. The molecule has 5 nitrogen and oxygen atoms in total. The van der Waals surface area contributed by atoms with E-state index in [-0.39, 0.29) is 11.8 Å². The van der Waals surface area contributed by atoms with Crippen molar-refractivity contribution in [3.05, 3.63) is 29.8 Å². The van der Waals surface area contributed by atoms with Crippen molar-refractivity contribution in [1.29, 1.82) is 0 Å². The fraction of sp³-hybridized carbons (Fsp3) is 0.500. The molecule has 21 heavy (non-hydrogen) atoms. The largest absolute Gasteiger partial charge is 0.497 e.